The third-order valence-corrected chi connectivity index (χ3v) is 3.73. The van der Waals surface area contributed by atoms with Crippen LogP contribution in [-0.2, 0) is 4.79 Å². The normalized spacial score (nSPS) is 17.5. The van der Waals surface area contributed by atoms with Crippen LogP contribution in [0.3, 0.4) is 0 Å². The number of hydrogen-bond acceptors (Lipinski definition) is 2. The fourth-order valence-electron chi connectivity index (χ4n) is 2.74. The first-order valence-corrected chi connectivity index (χ1v) is 7.09. The Morgan fingerprint density at radius 2 is 1.88 bits per heavy atom. The van der Waals surface area contributed by atoms with Gasteiger partial charge in [0, 0.05) is 13.0 Å². The number of aliphatic carboxylic acids is 1. The highest BCUT2D eigenvalue weighted by Crippen LogP contribution is 2.24. The Labute approximate surface area is 105 Å². The second-order valence-corrected chi connectivity index (χ2v) is 5.47. The Hall–Kier alpha value is -0.570. The molecule has 1 aliphatic carbocycles. The van der Waals surface area contributed by atoms with E-state index in [1.165, 1.54) is 38.6 Å². The molecule has 0 aromatic carbocycles. The van der Waals surface area contributed by atoms with Crippen molar-refractivity contribution in [3.63, 3.8) is 0 Å². The van der Waals surface area contributed by atoms with Crippen molar-refractivity contribution in [2.45, 2.75) is 57.8 Å². The Bertz CT molecular complexity index is 212. The molecule has 1 rings (SSSR count). The van der Waals surface area contributed by atoms with E-state index in [9.17, 15) is 4.79 Å². The number of carboxylic acid groups (broad SMARTS) is 1. The molecule has 1 aliphatic rings. The molecular weight excluding hydrogens is 214 g/mol. The number of carboxylic acids is 1. The first-order chi connectivity index (χ1) is 8.18. The maximum atomic E-state index is 10.3. The average Bonchev–Trinajstić information content (AvgIpc) is 2.29. The molecule has 0 atom stereocenters. The predicted octanol–water partition coefficient (Wildman–Crippen LogP) is 3.14. The van der Waals surface area contributed by atoms with Crippen LogP contribution < -0.4 is 0 Å². The summed E-state index contributed by atoms with van der Waals surface area (Å²) in [5, 5.41) is 8.53. The molecule has 1 saturated carbocycles. The monoisotopic (exact) mass is 241 g/mol. The van der Waals surface area contributed by atoms with Crippen LogP contribution in [0, 0.1) is 5.92 Å². The Morgan fingerprint density at radius 3 is 2.53 bits per heavy atom. The van der Waals surface area contributed by atoms with Gasteiger partial charge >= 0.3 is 5.97 Å². The highest BCUT2D eigenvalue weighted by atomic mass is 16.4. The zero-order chi connectivity index (χ0) is 12.5. The lowest BCUT2D eigenvalue weighted by Gasteiger charge is -2.26. The number of carbonyl (C=O) groups is 1. The minimum Gasteiger partial charge on any atom is -0.481 e. The van der Waals surface area contributed by atoms with Gasteiger partial charge in [0.2, 0.25) is 0 Å². The molecule has 0 spiro atoms. The van der Waals surface area contributed by atoms with Crippen molar-refractivity contribution in [1.82, 2.24) is 4.90 Å². The zero-order valence-electron chi connectivity index (χ0n) is 11.2. The van der Waals surface area contributed by atoms with Gasteiger partial charge in [0.1, 0.15) is 0 Å². The minimum atomic E-state index is -0.666. The summed E-state index contributed by atoms with van der Waals surface area (Å²) in [4.78, 5) is 12.8. The fourth-order valence-corrected chi connectivity index (χ4v) is 2.74. The summed E-state index contributed by atoms with van der Waals surface area (Å²) in [5.41, 5.74) is 0. The van der Waals surface area contributed by atoms with E-state index in [2.05, 4.69) is 11.9 Å². The standard InChI is InChI=1S/C14H27NO2/c1-15(11-7-3-6-10-14(16)17)12-13-8-4-2-5-9-13/h13H,2-12H2,1H3,(H,16,17). The predicted molar refractivity (Wildman–Crippen MR) is 70.2 cm³/mol. The SMILES string of the molecule is CN(CCCCCC(=O)O)CC1CCCCC1. The molecule has 3 nitrogen and oxygen atoms in total. The van der Waals surface area contributed by atoms with Gasteiger partial charge in [-0.25, -0.2) is 0 Å². The van der Waals surface area contributed by atoms with Gasteiger partial charge in [0.15, 0.2) is 0 Å². The van der Waals surface area contributed by atoms with Crippen LogP contribution in [0.15, 0.2) is 0 Å². The first-order valence-electron chi connectivity index (χ1n) is 7.09. The van der Waals surface area contributed by atoms with E-state index in [0.29, 0.717) is 6.42 Å². The lowest BCUT2D eigenvalue weighted by Crippen LogP contribution is -2.27. The van der Waals surface area contributed by atoms with Crippen LogP contribution >= 0.6 is 0 Å². The van der Waals surface area contributed by atoms with E-state index in [-0.39, 0.29) is 0 Å². The first kappa shape index (κ1) is 14.5. The van der Waals surface area contributed by atoms with Gasteiger partial charge in [0.05, 0.1) is 0 Å². The summed E-state index contributed by atoms with van der Waals surface area (Å²) in [6.07, 6.45) is 10.4. The quantitative estimate of drug-likeness (QED) is 0.664. The van der Waals surface area contributed by atoms with Gasteiger partial charge in [0.25, 0.3) is 0 Å². The van der Waals surface area contributed by atoms with Gasteiger partial charge in [-0.2, -0.15) is 0 Å². The molecule has 1 N–H and O–H groups in total. The molecule has 0 aliphatic heterocycles. The van der Waals surface area contributed by atoms with Gasteiger partial charge in [-0.3, -0.25) is 4.79 Å². The minimum absolute atomic E-state index is 0.326. The lowest BCUT2D eigenvalue weighted by molar-refractivity contribution is -0.137. The number of nitrogens with zero attached hydrogens (tertiary/aromatic N) is 1. The lowest BCUT2D eigenvalue weighted by atomic mass is 9.89. The molecule has 0 heterocycles. The highest BCUT2D eigenvalue weighted by Gasteiger charge is 2.14. The van der Waals surface area contributed by atoms with Gasteiger partial charge in [-0.05, 0) is 45.2 Å². The van der Waals surface area contributed by atoms with E-state index in [1.807, 2.05) is 0 Å². The van der Waals surface area contributed by atoms with Crippen LogP contribution in [0.2, 0.25) is 0 Å². The average molecular weight is 241 g/mol. The van der Waals surface area contributed by atoms with Crippen LogP contribution in [-0.4, -0.2) is 36.1 Å². The van der Waals surface area contributed by atoms with E-state index in [4.69, 9.17) is 5.11 Å². The topological polar surface area (TPSA) is 40.5 Å². The van der Waals surface area contributed by atoms with Crippen molar-refractivity contribution in [3.05, 3.63) is 0 Å². The van der Waals surface area contributed by atoms with Crippen molar-refractivity contribution in [3.8, 4) is 0 Å². The van der Waals surface area contributed by atoms with Crippen molar-refractivity contribution in [2.75, 3.05) is 20.1 Å². The molecule has 3 heteroatoms. The number of unbranched alkanes of at least 4 members (excludes halogenated alkanes) is 2. The van der Waals surface area contributed by atoms with Crippen LogP contribution in [0.1, 0.15) is 57.8 Å². The molecule has 0 radical (unpaired) electrons. The fraction of sp³-hybridized carbons (Fsp3) is 0.929. The smallest absolute Gasteiger partial charge is 0.303 e. The largest absolute Gasteiger partial charge is 0.481 e. The number of hydrogen-bond donors (Lipinski definition) is 1. The molecule has 100 valence electrons. The van der Waals surface area contributed by atoms with Crippen LogP contribution in [0.4, 0.5) is 0 Å². The van der Waals surface area contributed by atoms with Gasteiger partial charge < -0.3 is 10.0 Å². The molecule has 0 bridgehead atoms. The third kappa shape index (κ3) is 7.37. The van der Waals surface area contributed by atoms with E-state index in [1.54, 1.807) is 0 Å². The van der Waals surface area contributed by atoms with E-state index < -0.39 is 5.97 Å². The molecular formula is C14H27NO2. The van der Waals surface area contributed by atoms with Crippen LogP contribution in [0.25, 0.3) is 0 Å². The molecule has 0 saturated heterocycles. The summed E-state index contributed by atoms with van der Waals surface area (Å²) in [5.74, 6) is 0.244. The summed E-state index contributed by atoms with van der Waals surface area (Å²) in [6, 6.07) is 0. The molecule has 0 amide bonds. The van der Waals surface area contributed by atoms with Gasteiger partial charge in [-0.15, -0.1) is 0 Å². The Balaban J connectivity index is 1.96. The second kappa shape index (κ2) is 8.51. The zero-order valence-corrected chi connectivity index (χ0v) is 11.2. The number of rotatable bonds is 8. The summed E-state index contributed by atoms with van der Waals surface area (Å²) >= 11 is 0. The molecule has 0 unspecified atom stereocenters. The second-order valence-electron chi connectivity index (χ2n) is 5.47. The van der Waals surface area contributed by atoms with E-state index in [0.717, 1.165) is 31.7 Å². The summed E-state index contributed by atoms with van der Waals surface area (Å²) in [6.45, 7) is 2.36. The molecule has 0 aromatic rings. The summed E-state index contributed by atoms with van der Waals surface area (Å²) < 4.78 is 0. The van der Waals surface area contributed by atoms with Crippen molar-refractivity contribution < 1.29 is 9.90 Å². The van der Waals surface area contributed by atoms with Crippen molar-refractivity contribution in [2.24, 2.45) is 5.92 Å². The molecule has 0 aromatic heterocycles. The molecule has 17 heavy (non-hydrogen) atoms. The third-order valence-electron chi connectivity index (χ3n) is 3.73. The van der Waals surface area contributed by atoms with Crippen molar-refractivity contribution >= 4 is 5.97 Å². The van der Waals surface area contributed by atoms with Crippen molar-refractivity contribution in [1.29, 1.82) is 0 Å². The van der Waals surface area contributed by atoms with Gasteiger partial charge in [-0.1, -0.05) is 25.7 Å². The highest BCUT2D eigenvalue weighted by molar-refractivity contribution is 5.66. The molecule has 1 fully saturated rings. The Kier molecular flexibility index (Phi) is 7.25. The maximum Gasteiger partial charge on any atom is 0.303 e. The van der Waals surface area contributed by atoms with E-state index >= 15 is 0 Å². The Morgan fingerprint density at radius 1 is 1.18 bits per heavy atom. The summed E-state index contributed by atoms with van der Waals surface area (Å²) in [7, 11) is 2.20. The maximum absolute atomic E-state index is 10.3. The van der Waals surface area contributed by atoms with Crippen LogP contribution in [0.5, 0.6) is 0 Å².